The van der Waals surface area contributed by atoms with E-state index in [1.807, 2.05) is 37.3 Å². The van der Waals surface area contributed by atoms with Crippen LogP contribution in [0.15, 0.2) is 73.3 Å². The molecule has 0 fully saturated rings. The molecule has 0 atom stereocenters. The summed E-state index contributed by atoms with van der Waals surface area (Å²) in [6.07, 6.45) is 0.595. The van der Waals surface area contributed by atoms with E-state index in [1.54, 1.807) is 31.6 Å². The van der Waals surface area contributed by atoms with Crippen molar-refractivity contribution in [3.05, 3.63) is 90.0 Å². The first-order chi connectivity index (χ1) is 16.2. The smallest absolute Gasteiger partial charge is 0.373 e. The van der Waals surface area contributed by atoms with Crippen LogP contribution in [0.3, 0.4) is 0 Å². The Morgan fingerprint density at radius 2 is 1.68 bits per heavy atom. The van der Waals surface area contributed by atoms with Crippen molar-refractivity contribution in [2.75, 3.05) is 17.7 Å². The van der Waals surface area contributed by atoms with Crippen LogP contribution in [0.2, 0.25) is 0 Å². The van der Waals surface area contributed by atoms with E-state index in [0.717, 1.165) is 46.0 Å². The summed E-state index contributed by atoms with van der Waals surface area (Å²) in [7, 11) is 1.79. The van der Waals surface area contributed by atoms with E-state index in [4.69, 9.17) is 0 Å². The van der Waals surface area contributed by atoms with Gasteiger partial charge in [-0.3, -0.25) is 14.8 Å². The predicted molar refractivity (Wildman–Crippen MR) is 124 cm³/mol. The summed E-state index contributed by atoms with van der Waals surface area (Å²) in [4.78, 5) is 24.8. The van der Waals surface area contributed by atoms with E-state index in [0.29, 0.717) is 11.9 Å². The first-order valence-corrected chi connectivity index (χ1v) is 10.3. The predicted octanol–water partition coefficient (Wildman–Crippen LogP) is 5.83. The highest BCUT2D eigenvalue weighted by Gasteiger charge is 2.31. The summed E-state index contributed by atoms with van der Waals surface area (Å²) < 4.78 is 38.9. The molecule has 0 aliphatic rings. The number of hydrogen-bond donors (Lipinski definition) is 2. The van der Waals surface area contributed by atoms with Crippen LogP contribution in [0.5, 0.6) is 0 Å². The maximum absolute atomic E-state index is 13.0. The summed E-state index contributed by atoms with van der Waals surface area (Å²) in [5, 5.41) is 5.65. The fourth-order valence-electron chi connectivity index (χ4n) is 3.42. The van der Waals surface area contributed by atoms with Gasteiger partial charge in [0.2, 0.25) is 0 Å². The number of anilines is 2. The summed E-state index contributed by atoms with van der Waals surface area (Å²) in [6.45, 7) is 1.93. The van der Waals surface area contributed by atoms with E-state index in [-0.39, 0.29) is 5.56 Å². The van der Waals surface area contributed by atoms with Crippen molar-refractivity contribution >= 4 is 17.4 Å². The van der Waals surface area contributed by atoms with E-state index in [1.165, 1.54) is 0 Å². The van der Waals surface area contributed by atoms with Gasteiger partial charge in [0.15, 0.2) is 0 Å². The minimum absolute atomic E-state index is 0.179. The molecule has 6 nitrogen and oxygen atoms in total. The van der Waals surface area contributed by atoms with E-state index in [2.05, 4.69) is 25.6 Å². The number of nitrogens with zero attached hydrogens (tertiary/aromatic N) is 3. The van der Waals surface area contributed by atoms with Gasteiger partial charge >= 0.3 is 6.18 Å². The third-order valence-electron chi connectivity index (χ3n) is 5.21. The summed E-state index contributed by atoms with van der Waals surface area (Å²) in [5.74, 6) is 0.0369. The maximum Gasteiger partial charge on any atom is 0.417 e. The number of carbonyl (C=O) groups is 1. The van der Waals surface area contributed by atoms with Crippen molar-refractivity contribution in [3.63, 3.8) is 0 Å². The van der Waals surface area contributed by atoms with Crippen molar-refractivity contribution in [1.29, 1.82) is 0 Å². The average Bonchev–Trinajstić information content (AvgIpc) is 2.85. The number of nitrogens with one attached hydrogen (secondary N) is 2. The number of aromatic nitrogens is 3. The van der Waals surface area contributed by atoms with Gasteiger partial charge in [-0.1, -0.05) is 6.07 Å². The zero-order valence-corrected chi connectivity index (χ0v) is 18.3. The van der Waals surface area contributed by atoms with Crippen LogP contribution in [0.4, 0.5) is 24.7 Å². The van der Waals surface area contributed by atoms with Gasteiger partial charge < -0.3 is 10.6 Å². The number of aryl methyl sites for hydroxylation is 1. The Kier molecular flexibility index (Phi) is 6.27. The Morgan fingerprint density at radius 3 is 2.44 bits per heavy atom. The van der Waals surface area contributed by atoms with E-state index in [9.17, 15) is 18.0 Å². The highest BCUT2D eigenvalue weighted by molar-refractivity contribution is 6.04. The van der Waals surface area contributed by atoms with Crippen LogP contribution >= 0.6 is 0 Å². The third-order valence-corrected chi connectivity index (χ3v) is 5.21. The van der Waals surface area contributed by atoms with Crippen LogP contribution in [-0.4, -0.2) is 27.9 Å². The number of hydrogen-bond acceptors (Lipinski definition) is 5. The molecule has 3 aromatic heterocycles. The lowest BCUT2D eigenvalue weighted by molar-refractivity contribution is -0.137. The second-order valence-electron chi connectivity index (χ2n) is 7.55. The second kappa shape index (κ2) is 9.30. The number of amides is 1. The monoisotopic (exact) mass is 463 g/mol. The largest absolute Gasteiger partial charge is 0.417 e. The highest BCUT2D eigenvalue weighted by atomic mass is 19.4. The summed E-state index contributed by atoms with van der Waals surface area (Å²) in [6, 6.07) is 13.6. The summed E-state index contributed by atoms with van der Waals surface area (Å²) >= 11 is 0. The average molecular weight is 463 g/mol. The number of benzene rings is 1. The molecule has 172 valence electrons. The molecule has 0 aliphatic carbocycles. The number of pyridine rings is 3. The Morgan fingerprint density at radius 1 is 0.912 bits per heavy atom. The minimum atomic E-state index is -4.58. The first-order valence-electron chi connectivity index (χ1n) is 10.3. The molecular weight excluding hydrogens is 443 g/mol. The Labute approximate surface area is 193 Å². The van der Waals surface area contributed by atoms with Gasteiger partial charge in [0.05, 0.1) is 16.8 Å². The lowest BCUT2D eigenvalue weighted by atomic mass is 9.99. The molecule has 4 rings (SSSR count). The molecule has 0 saturated heterocycles. The fourth-order valence-corrected chi connectivity index (χ4v) is 3.42. The van der Waals surface area contributed by atoms with Crippen molar-refractivity contribution in [3.8, 4) is 22.4 Å². The molecule has 3 heterocycles. The third kappa shape index (κ3) is 5.03. The molecule has 34 heavy (non-hydrogen) atoms. The lowest BCUT2D eigenvalue weighted by Gasteiger charge is -2.12. The number of carbonyl (C=O) groups excluding carboxylic acids is 1. The Bertz CT molecular complexity index is 1350. The minimum Gasteiger partial charge on any atom is -0.373 e. The van der Waals surface area contributed by atoms with Crippen LogP contribution in [0.1, 0.15) is 21.5 Å². The van der Waals surface area contributed by atoms with Crippen LogP contribution in [0, 0.1) is 6.92 Å². The molecule has 1 aromatic carbocycles. The molecule has 9 heteroatoms. The molecule has 0 bridgehead atoms. The van der Waals surface area contributed by atoms with Crippen LogP contribution < -0.4 is 10.6 Å². The first kappa shape index (κ1) is 22.9. The maximum atomic E-state index is 13.0. The molecule has 0 spiro atoms. The zero-order chi connectivity index (χ0) is 24.3. The molecule has 1 amide bonds. The molecule has 0 aliphatic heterocycles. The summed E-state index contributed by atoms with van der Waals surface area (Å²) in [5.41, 5.74) is 3.62. The molecule has 0 radical (unpaired) electrons. The lowest BCUT2D eigenvalue weighted by Crippen LogP contribution is -2.14. The van der Waals surface area contributed by atoms with Gasteiger partial charge in [0, 0.05) is 43.1 Å². The van der Waals surface area contributed by atoms with Gasteiger partial charge in [-0.15, -0.1) is 0 Å². The van der Waals surface area contributed by atoms with Gasteiger partial charge in [0.25, 0.3) is 5.91 Å². The standard InChI is InChI=1S/C25H20F3N5O/c1-15-3-4-20(33-24(34)18-9-19(14-30-13-18)25(26,27)28)12-21(15)16-5-7-31-22(10-16)17-6-8-32-23(11-17)29-2/h3-14H,1-2H3,(H,29,32)(H,33,34). The van der Waals surface area contributed by atoms with Gasteiger partial charge in [-0.2, -0.15) is 13.2 Å². The SMILES string of the molecule is CNc1cc(-c2cc(-c3cc(NC(=O)c4cncc(C(F)(F)F)c4)ccc3C)ccn2)ccn1. The van der Waals surface area contributed by atoms with Crippen molar-refractivity contribution in [2.24, 2.45) is 0 Å². The second-order valence-corrected chi connectivity index (χ2v) is 7.55. The molecule has 0 unspecified atom stereocenters. The zero-order valence-electron chi connectivity index (χ0n) is 18.3. The Balaban J connectivity index is 1.63. The number of halogens is 3. The molecule has 4 aromatic rings. The van der Waals surface area contributed by atoms with Crippen LogP contribution in [0.25, 0.3) is 22.4 Å². The van der Waals surface area contributed by atoms with Gasteiger partial charge in [0.1, 0.15) is 5.82 Å². The normalized spacial score (nSPS) is 11.2. The van der Waals surface area contributed by atoms with Crippen molar-refractivity contribution in [1.82, 2.24) is 15.0 Å². The number of alkyl halides is 3. The van der Waals surface area contributed by atoms with Gasteiger partial charge in [-0.25, -0.2) is 4.98 Å². The number of rotatable bonds is 5. The molecule has 2 N–H and O–H groups in total. The van der Waals surface area contributed by atoms with Gasteiger partial charge in [-0.05, 0) is 66.1 Å². The van der Waals surface area contributed by atoms with Crippen molar-refractivity contribution < 1.29 is 18.0 Å². The molecule has 0 saturated carbocycles. The highest BCUT2D eigenvalue weighted by Crippen LogP contribution is 2.31. The van der Waals surface area contributed by atoms with Crippen molar-refractivity contribution in [2.45, 2.75) is 13.1 Å². The molecular formula is C25H20F3N5O. The fraction of sp³-hybridized carbons (Fsp3) is 0.120. The Hall–Kier alpha value is -4.27. The quantitative estimate of drug-likeness (QED) is 0.390. The van der Waals surface area contributed by atoms with E-state index < -0.39 is 17.6 Å². The van der Waals surface area contributed by atoms with Crippen LogP contribution in [-0.2, 0) is 6.18 Å². The van der Waals surface area contributed by atoms with E-state index >= 15 is 0 Å². The topological polar surface area (TPSA) is 79.8 Å².